The Morgan fingerprint density at radius 2 is 1.70 bits per heavy atom. The fourth-order valence-electron chi connectivity index (χ4n) is 2.82. The Morgan fingerprint density at radius 1 is 1.00 bits per heavy atom. The highest BCUT2D eigenvalue weighted by molar-refractivity contribution is 9.10. The molecule has 0 aliphatic heterocycles. The van der Waals surface area contributed by atoms with E-state index in [4.69, 9.17) is 9.47 Å². The summed E-state index contributed by atoms with van der Waals surface area (Å²) in [5, 5.41) is 4.03. The molecule has 3 rings (SSSR count). The van der Waals surface area contributed by atoms with Gasteiger partial charge in [0.15, 0.2) is 0 Å². The van der Waals surface area contributed by atoms with E-state index in [9.17, 15) is 9.59 Å². The van der Waals surface area contributed by atoms with Gasteiger partial charge in [0, 0.05) is 15.6 Å². The van der Waals surface area contributed by atoms with Gasteiger partial charge in [-0.25, -0.2) is 10.2 Å². The molecule has 1 amide bonds. The summed E-state index contributed by atoms with van der Waals surface area (Å²) in [5.74, 6) is 0.213. The number of nitrogens with zero attached hydrogens (tertiary/aromatic N) is 1. The average Bonchev–Trinajstić information content (AvgIpc) is 2.81. The van der Waals surface area contributed by atoms with Crippen LogP contribution in [0.5, 0.6) is 11.5 Å². The van der Waals surface area contributed by atoms with E-state index in [1.165, 1.54) is 6.21 Å². The Bertz CT molecular complexity index is 1130. The second-order valence-corrected chi connectivity index (χ2v) is 8.28. The molecule has 0 aliphatic carbocycles. The van der Waals surface area contributed by atoms with Gasteiger partial charge in [0.2, 0.25) is 0 Å². The van der Waals surface area contributed by atoms with Crippen LogP contribution in [0.1, 0.15) is 51.6 Å². The minimum Gasteiger partial charge on any atom is -0.494 e. The molecule has 170 valence electrons. The van der Waals surface area contributed by atoms with Crippen LogP contribution in [0.15, 0.2) is 76.3 Å². The molecule has 0 saturated carbocycles. The quantitative estimate of drug-likeness (QED) is 0.128. The summed E-state index contributed by atoms with van der Waals surface area (Å²) in [5.41, 5.74) is 4.98. The molecular weight excluding hydrogens is 484 g/mol. The number of rotatable bonds is 9. The van der Waals surface area contributed by atoms with Crippen molar-refractivity contribution < 1.29 is 19.1 Å². The van der Waals surface area contributed by atoms with E-state index in [0.29, 0.717) is 29.0 Å². The Morgan fingerprint density at radius 3 is 2.39 bits per heavy atom. The van der Waals surface area contributed by atoms with E-state index < -0.39 is 5.97 Å². The molecule has 6 nitrogen and oxygen atoms in total. The number of carbonyl (C=O) groups is 2. The van der Waals surface area contributed by atoms with Gasteiger partial charge in [-0.2, -0.15) is 5.10 Å². The molecule has 3 aromatic rings. The number of unbranched alkanes of at least 4 members (excludes halogenated alkanes) is 1. The summed E-state index contributed by atoms with van der Waals surface area (Å²) in [7, 11) is 0. The van der Waals surface area contributed by atoms with Crippen molar-refractivity contribution >= 4 is 34.0 Å². The first kappa shape index (κ1) is 24.2. The van der Waals surface area contributed by atoms with E-state index in [2.05, 4.69) is 33.4 Å². The van der Waals surface area contributed by atoms with Gasteiger partial charge in [0.25, 0.3) is 5.91 Å². The number of esters is 1. The van der Waals surface area contributed by atoms with Gasteiger partial charge in [0.1, 0.15) is 11.5 Å². The number of hydrazone groups is 1. The normalized spacial score (nSPS) is 10.8. The third kappa shape index (κ3) is 7.29. The molecule has 33 heavy (non-hydrogen) atoms. The number of carbonyl (C=O) groups excluding carboxylic acids is 2. The fraction of sp³-hybridized carbons (Fsp3) is 0.192. The number of halogens is 1. The Kier molecular flexibility index (Phi) is 8.78. The number of amides is 1. The highest BCUT2D eigenvalue weighted by Crippen LogP contribution is 2.23. The van der Waals surface area contributed by atoms with Gasteiger partial charge >= 0.3 is 5.97 Å². The summed E-state index contributed by atoms with van der Waals surface area (Å²) in [6, 6.07) is 19.2. The van der Waals surface area contributed by atoms with E-state index in [0.717, 1.165) is 28.6 Å². The van der Waals surface area contributed by atoms with Gasteiger partial charge in [-0.05, 0) is 67.9 Å². The predicted molar refractivity (Wildman–Crippen MR) is 132 cm³/mol. The maximum absolute atomic E-state index is 12.5. The zero-order valence-electron chi connectivity index (χ0n) is 18.5. The van der Waals surface area contributed by atoms with Crippen LogP contribution in [0.3, 0.4) is 0 Å². The van der Waals surface area contributed by atoms with E-state index in [1.54, 1.807) is 54.6 Å². The number of ether oxygens (including phenoxy) is 2. The average molecular weight is 509 g/mol. The van der Waals surface area contributed by atoms with Crippen molar-refractivity contribution in [2.24, 2.45) is 5.10 Å². The lowest BCUT2D eigenvalue weighted by molar-refractivity contribution is 0.0734. The maximum atomic E-state index is 12.5. The van der Waals surface area contributed by atoms with Crippen LogP contribution < -0.4 is 14.9 Å². The topological polar surface area (TPSA) is 77.0 Å². The van der Waals surface area contributed by atoms with Gasteiger partial charge in [0.05, 0.1) is 18.4 Å². The van der Waals surface area contributed by atoms with Gasteiger partial charge in [-0.1, -0.05) is 47.0 Å². The zero-order valence-corrected chi connectivity index (χ0v) is 20.1. The standard InChI is InChI=1S/C26H25BrN2O4/c1-3-4-15-32-23-12-9-19(10-13-23)25(30)29-28-17-21-16-22(27)11-14-24(21)33-26(31)20-7-5-18(2)6-8-20/h5-14,16-17H,3-4,15H2,1-2H3,(H,29,30). The molecule has 0 radical (unpaired) electrons. The largest absolute Gasteiger partial charge is 0.494 e. The third-order valence-corrected chi connectivity index (χ3v) is 5.21. The Balaban J connectivity index is 1.64. The van der Waals surface area contributed by atoms with E-state index >= 15 is 0 Å². The Labute approximate surface area is 201 Å². The van der Waals surface area contributed by atoms with Gasteiger partial charge < -0.3 is 9.47 Å². The van der Waals surface area contributed by atoms with Crippen molar-refractivity contribution in [2.45, 2.75) is 26.7 Å². The summed E-state index contributed by atoms with van der Waals surface area (Å²) in [6.07, 6.45) is 3.47. The van der Waals surface area contributed by atoms with E-state index in [1.807, 2.05) is 19.1 Å². The van der Waals surface area contributed by atoms with Crippen LogP contribution in [0.25, 0.3) is 0 Å². The van der Waals surface area contributed by atoms with Crippen LogP contribution in [-0.2, 0) is 0 Å². The monoisotopic (exact) mass is 508 g/mol. The molecule has 1 N–H and O–H groups in total. The summed E-state index contributed by atoms with van der Waals surface area (Å²) < 4.78 is 11.9. The lowest BCUT2D eigenvalue weighted by atomic mass is 10.1. The zero-order chi connectivity index (χ0) is 23.6. The van der Waals surface area contributed by atoms with Crippen molar-refractivity contribution in [2.75, 3.05) is 6.61 Å². The maximum Gasteiger partial charge on any atom is 0.343 e. The van der Waals surface area contributed by atoms with Crippen LogP contribution in [-0.4, -0.2) is 24.7 Å². The molecular formula is C26H25BrN2O4. The molecule has 0 fully saturated rings. The molecule has 0 aromatic heterocycles. The SMILES string of the molecule is CCCCOc1ccc(C(=O)NN=Cc2cc(Br)ccc2OC(=O)c2ccc(C)cc2)cc1. The molecule has 3 aromatic carbocycles. The van der Waals surface area contributed by atoms with Crippen molar-refractivity contribution in [3.05, 3.63) is 93.5 Å². The molecule has 0 atom stereocenters. The fourth-order valence-corrected chi connectivity index (χ4v) is 3.20. The number of benzene rings is 3. The molecule has 0 aliphatic rings. The number of hydrogen-bond acceptors (Lipinski definition) is 5. The Hall–Kier alpha value is -3.45. The second kappa shape index (κ2) is 12.0. The van der Waals surface area contributed by atoms with Gasteiger partial charge in [-0.3, -0.25) is 4.79 Å². The number of nitrogens with one attached hydrogen (secondary N) is 1. The minimum absolute atomic E-state index is 0.329. The van der Waals surface area contributed by atoms with Crippen LogP contribution in [0.4, 0.5) is 0 Å². The molecule has 0 heterocycles. The lowest BCUT2D eigenvalue weighted by Crippen LogP contribution is -2.17. The van der Waals surface area contributed by atoms with Crippen molar-refractivity contribution in [1.82, 2.24) is 5.43 Å². The third-order valence-electron chi connectivity index (χ3n) is 4.71. The molecule has 0 spiro atoms. The summed E-state index contributed by atoms with van der Waals surface area (Å²) in [6.45, 7) is 4.70. The number of hydrogen-bond donors (Lipinski definition) is 1. The van der Waals surface area contributed by atoms with Gasteiger partial charge in [-0.15, -0.1) is 0 Å². The second-order valence-electron chi connectivity index (χ2n) is 7.36. The highest BCUT2D eigenvalue weighted by Gasteiger charge is 2.12. The summed E-state index contributed by atoms with van der Waals surface area (Å²) >= 11 is 3.40. The van der Waals surface area contributed by atoms with Crippen molar-refractivity contribution in [1.29, 1.82) is 0 Å². The minimum atomic E-state index is -0.475. The van der Waals surface area contributed by atoms with Crippen LogP contribution in [0.2, 0.25) is 0 Å². The smallest absolute Gasteiger partial charge is 0.343 e. The van der Waals surface area contributed by atoms with Crippen molar-refractivity contribution in [3.8, 4) is 11.5 Å². The number of aryl methyl sites for hydroxylation is 1. The molecule has 7 heteroatoms. The lowest BCUT2D eigenvalue weighted by Gasteiger charge is -2.08. The first-order valence-electron chi connectivity index (χ1n) is 10.6. The summed E-state index contributed by atoms with van der Waals surface area (Å²) in [4.78, 5) is 24.9. The predicted octanol–water partition coefficient (Wildman–Crippen LogP) is 5.92. The molecule has 0 bridgehead atoms. The molecule has 0 unspecified atom stereocenters. The van der Waals surface area contributed by atoms with Crippen molar-refractivity contribution in [3.63, 3.8) is 0 Å². The van der Waals surface area contributed by atoms with E-state index in [-0.39, 0.29) is 5.91 Å². The van der Waals surface area contributed by atoms with Crippen LogP contribution in [0, 0.1) is 6.92 Å². The van der Waals surface area contributed by atoms with Crippen LogP contribution >= 0.6 is 15.9 Å². The first-order chi connectivity index (χ1) is 16.0. The highest BCUT2D eigenvalue weighted by atomic mass is 79.9. The first-order valence-corrected chi connectivity index (χ1v) is 11.4. The molecule has 0 saturated heterocycles.